The minimum atomic E-state index is -1.45. The molecule has 0 aromatic rings. The first-order valence-electron chi connectivity index (χ1n) is 9.23. The zero-order valence-corrected chi connectivity index (χ0v) is 17.0. The van der Waals surface area contributed by atoms with Gasteiger partial charge in [0.05, 0.1) is 13.0 Å². The van der Waals surface area contributed by atoms with Crippen LogP contribution in [0.2, 0.25) is 0 Å². The molecule has 0 fully saturated rings. The molecular formula is C17H31N5O7. The van der Waals surface area contributed by atoms with Gasteiger partial charge in [0.15, 0.2) is 0 Å². The standard InChI is InChI=1S/C17H31N5O7/c1-11(2)10-28-16(27)29-13(24)7-9-20-12(23)6-4-5-8-17(3,14(25)21-18)15(26)22-19/h11H,4-10,18-19H2,1-3H3,(H,20,23)(H,21,25)(H,22,26). The van der Waals surface area contributed by atoms with Gasteiger partial charge in [0.1, 0.15) is 5.41 Å². The molecule has 0 aromatic heterocycles. The molecule has 0 saturated heterocycles. The largest absolute Gasteiger partial charge is 0.516 e. The van der Waals surface area contributed by atoms with Crippen LogP contribution in [0.25, 0.3) is 0 Å². The van der Waals surface area contributed by atoms with E-state index in [0.717, 1.165) is 0 Å². The lowest BCUT2D eigenvalue weighted by Gasteiger charge is -2.25. The summed E-state index contributed by atoms with van der Waals surface area (Å²) in [6.45, 7) is 5.21. The first kappa shape index (κ1) is 26.3. The molecule has 0 heterocycles. The van der Waals surface area contributed by atoms with E-state index in [2.05, 4.69) is 10.1 Å². The average molecular weight is 417 g/mol. The van der Waals surface area contributed by atoms with Crippen LogP contribution < -0.4 is 27.9 Å². The van der Waals surface area contributed by atoms with Gasteiger partial charge in [0.25, 0.3) is 0 Å². The Bertz CT molecular complexity index is 579. The molecule has 12 nitrogen and oxygen atoms in total. The number of carbonyl (C=O) groups is 5. The number of nitrogens with one attached hydrogen (secondary N) is 3. The molecule has 3 amide bonds. The van der Waals surface area contributed by atoms with Crippen LogP contribution in [-0.4, -0.2) is 43.0 Å². The molecule has 0 rings (SSSR count). The van der Waals surface area contributed by atoms with Crippen molar-refractivity contribution in [2.24, 2.45) is 23.0 Å². The van der Waals surface area contributed by atoms with E-state index in [4.69, 9.17) is 16.4 Å². The predicted octanol–water partition coefficient (Wildman–Crippen LogP) is -0.625. The van der Waals surface area contributed by atoms with E-state index in [0.29, 0.717) is 12.8 Å². The highest BCUT2D eigenvalue weighted by Gasteiger charge is 2.39. The van der Waals surface area contributed by atoms with Crippen molar-refractivity contribution in [3.05, 3.63) is 0 Å². The molecular weight excluding hydrogens is 386 g/mol. The highest BCUT2D eigenvalue weighted by atomic mass is 16.7. The number of hydrogen-bond donors (Lipinski definition) is 5. The molecule has 7 N–H and O–H groups in total. The Balaban J connectivity index is 4.10. The molecule has 166 valence electrons. The predicted molar refractivity (Wildman–Crippen MR) is 101 cm³/mol. The second-order valence-electron chi connectivity index (χ2n) is 7.02. The van der Waals surface area contributed by atoms with Crippen molar-refractivity contribution in [1.29, 1.82) is 0 Å². The van der Waals surface area contributed by atoms with Gasteiger partial charge in [-0.25, -0.2) is 16.5 Å². The van der Waals surface area contributed by atoms with Gasteiger partial charge in [-0.3, -0.25) is 30.0 Å². The number of rotatable bonds is 12. The Morgan fingerprint density at radius 3 is 2.07 bits per heavy atom. The van der Waals surface area contributed by atoms with Crippen LogP contribution >= 0.6 is 0 Å². The van der Waals surface area contributed by atoms with Gasteiger partial charge >= 0.3 is 12.1 Å². The molecule has 12 heteroatoms. The number of hydrazine groups is 2. The van der Waals surface area contributed by atoms with E-state index in [-0.39, 0.29) is 44.2 Å². The Morgan fingerprint density at radius 2 is 1.55 bits per heavy atom. The highest BCUT2D eigenvalue weighted by molar-refractivity contribution is 6.04. The molecule has 0 spiro atoms. The molecule has 0 unspecified atom stereocenters. The van der Waals surface area contributed by atoms with Crippen molar-refractivity contribution in [3.63, 3.8) is 0 Å². The van der Waals surface area contributed by atoms with Crippen molar-refractivity contribution in [3.8, 4) is 0 Å². The lowest BCUT2D eigenvalue weighted by atomic mass is 9.83. The third-order valence-corrected chi connectivity index (χ3v) is 3.98. The summed E-state index contributed by atoms with van der Waals surface area (Å²) in [5.74, 6) is 7.79. The van der Waals surface area contributed by atoms with E-state index in [1.54, 1.807) is 0 Å². The summed E-state index contributed by atoms with van der Waals surface area (Å²) < 4.78 is 9.14. The number of esters is 1. The van der Waals surface area contributed by atoms with Crippen molar-refractivity contribution in [2.75, 3.05) is 13.2 Å². The maximum Gasteiger partial charge on any atom is 0.516 e. The second kappa shape index (κ2) is 13.4. The fraction of sp³-hybridized carbons (Fsp3) is 0.706. The monoisotopic (exact) mass is 417 g/mol. The van der Waals surface area contributed by atoms with Crippen LogP contribution in [0.5, 0.6) is 0 Å². The van der Waals surface area contributed by atoms with Gasteiger partial charge in [-0.2, -0.15) is 0 Å². The van der Waals surface area contributed by atoms with E-state index < -0.39 is 29.4 Å². The summed E-state index contributed by atoms with van der Waals surface area (Å²) in [6.07, 6.45) is -0.222. The number of ether oxygens (including phenoxy) is 2. The van der Waals surface area contributed by atoms with E-state index >= 15 is 0 Å². The third kappa shape index (κ3) is 10.4. The molecule has 0 radical (unpaired) electrons. The number of amides is 3. The van der Waals surface area contributed by atoms with Gasteiger partial charge < -0.3 is 14.8 Å². The van der Waals surface area contributed by atoms with Crippen LogP contribution in [0.1, 0.15) is 52.9 Å². The topological polar surface area (TPSA) is 192 Å². The average Bonchev–Trinajstić information content (AvgIpc) is 2.67. The fourth-order valence-electron chi connectivity index (χ4n) is 2.21. The zero-order valence-electron chi connectivity index (χ0n) is 17.0. The smallest absolute Gasteiger partial charge is 0.434 e. The SMILES string of the molecule is CC(C)COC(=O)OC(=O)CCNC(=O)CCCCC(C)(C(=O)NN)C(=O)NN. The summed E-state index contributed by atoms with van der Waals surface area (Å²) in [5, 5.41) is 2.51. The minimum absolute atomic E-state index is 0.00198. The molecule has 0 saturated carbocycles. The summed E-state index contributed by atoms with van der Waals surface area (Å²) >= 11 is 0. The lowest BCUT2D eigenvalue weighted by Crippen LogP contribution is -2.53. The molecule has 0 aliphatic carbocycles. The summed E-state index contributed by atoms with van der Waals surface area (Å²) in [6, 6.07) is 0. The minimum Gasteiger partial charge on any atom is -0.434 e. The quantitative estimate of drug-likeness (QED) is 0.0687. The Kier molecular flexibility index (Phi) is 12.2. The van der Waals surface area contributed by atoms with Gasteiger partial charge in [-0.05, 0) is 25.7 Å². The Hall–Kier alpha value is -2.73. The normalized spacial score (nSPS) is 10.8. The van der Waals surface area contributed by atoms with E-state index in [9.17, 15) is 24.0 Å². The number of carbonyl (C=O) groups excluding carboxylic acids is 5. The summed E-state index contributed by atoms with van der Waals surface area (Å²) in [5.41, 5.74) is 2.40. The van der Waals surface area contributed by atoms with Crippen molar-refractivity contribution in [1.82, 2.24) is 16.2 Å². The van der Waals surface area contributed by atoms with Crippen molar-refractivity contribution in [2.45, 2.75) is 52.9 Å². The van der Waals surface area contributed by atoms with Gasteiger partial charge in [-0.15, -0.1) is 0 Å². The third-order valence-electron chi connectivity index (χ3n) is 3.98. The number of nitrogens with two attached hydrogens (primary N) is 2. The first-order chi connectivity index (χ1) is 13.6. The maximum atomic E-state index is 11.8. The fourth-order valence-corrected chi connectivity index (χ4v) is 2.21. The Morgan fingerprint density at radius 1 is 0.966 bits per heavy atom. The molecule has 0 aliphatic heterocycles. The van der Waals surface area contributed by atoms with Gasteiger partial charge in [-0.1, -0.05) is 20.3 Å². The summed E-state index contributed by atoms with van der Waals surface area (Å²) in [7, 11) is 0. The Labute approximate surface area is 169 Å². The van der Waals surface area contributed by atoms with Gasteiger partial charge in [0.2, 0.25) is 17.7 Å². The molecule has 0 bridgehead atoms. The van der Waals surface area contributed by atoms with Crippen LogP contribution in [0.15, 0.2) is 0 Å². The summed E-state index contributed by atoms with van der Waals surface area (Å²) in [4.78, 5) is 58.1. The second-order valence-corrected chi connectivity index (χ2v) is 7.02. The molecule has 29 heavy (non-hydrogen) atoms. The van der Waals surface area contributed by atoms with Crippen molar-refractivity contribution < 1.29 is 33.4 Å². The molecule has 0 aromatic carbocycles. The van der Waals surface area contributed by atoms with Crippen molar-refractivity contribution >= 4 is 29.8 Å². The van der Waals surface area contributed by atoms with Crippen LogP contribution in [-0.2, 0) is 28.7 Å². The first-order valence-corrected chi connectivity index (χ1v) is 9.23. The maximum absolute atomic E-state index is 11.8. The van der Waals surface area contributed by atoms with Crippen LogP contribution in [0.3, 0.4) is 0 Å². The molecule has 0 aliphatic rings. The van der Waals surface area contributed by atoms with Crippen LogP contribution in [0.4, 0.5) is 4.79 Å². The lowest BCUT2D eigenvalue weighted by molar-refractivity contribution is -0.143. The van der Waals surface area contributed by atoms with Crippen LogP contribution in [0, 0.1) is 11.3 Å². The van der Waals surface area contributed by atoms with Gasteiger partial charge in [0, 0.05) is 13.0 Å². The van der Waals surface area contributed by atoms with E-state index in [1.165, 1.54) is 6.92 Å². The zero-order chi connectivity index (χ0) is 22.4. The highest BCUT2D eigenvalue weighted by Crippen LogP contribution is 2.25. The number of unbranched alkanes of at least 4 members (excludes halogenated alkanes) is 1. The number of hydrogen-bond acceptors (Lipinski definition) is 9. The molecule has 0 atom stereocenters. The van der Waals surface area contributed by atoms with E-state index in [1.807, 2.05) is 24.7 Å².